The van der Waals surface area contributed by atoms with Gasteiger partial charge in [-0.05, 0) is 50.2 Å². The molecule has 9 nitrogen and oxygen atoms in total. The van der Waals surface area contributed by atoms with Gasteiger partial charge in [-0.1, -0.05) is 0 Å². The number of sulfone groups is 1. The highest BCUT2D eigenvalue weighted by Crippen LogP contribution is 2.22. The minimum atomic E-state index is -4.04. The molecule has 30 heavy (non-hydrogen) atoms. The van der Waals surface area contributed by atoms with Gasteiger partial charge in [0.2, 0.25) is 5.91 Å². The SMILES string of the molecule is Cc1cc(NC(=O)C(C)S(=O)(=O)c2ccc(F)cc2)n(-c2ccc([N+](=O)[O-])cc2)n1. The summed E-state index contributed by atoms with van der Waals surface area (Å²) in [5.41, 5.74) is 0.878. The van der Waals surface area contributed by atoms with Gasteiger partial charge in [-0.15, -0.1) is 0 Å². The van der Waals surface area contributed by atoms with Crippen LogP contribution in [0.2, 0.25) is 0 Å². The monoisotopic (exact) mass is 432 g/mol. The highest BCUT2D eigenvalue weighted by Gasteiger charge is 2.30. The third-order valence-corrected chi connectivity index (χ3v) is 6.44. The lowest BCUT2D eigenvalue weighted by atomic mass is 10.3. The first kappa shape index (κ1) is 21.1. The molecule has 0 radical (unpaired) electrons. The third kappa shape index (κ3) is 4.20. The van der Waals surface area contributed by atoms with Gasteiger partial charge in [0.1, 0.15) is 16.9 Å². The van der Waals surface area contributed by atoms with Crippen LogP contribution >= 0.6 is 0 Å². The van der Waals surface area contributed by atoms with Crippen LogP contribution in [0.3, 0.4) is 0 Å². The summed E-state index contributed by atoms with van der Waals surface area (Å²) in [4.78, 5) is 22.7. The van der Waals surface area contributed by atoms with E-state index < -0.39 is 31.7 Å². The van der Waals surface area contributed by atoms with Crippen molar-refractivity contribution in [3.05, 3.63) is 76.2 Å². The summed E-state index contributed by atoms with van der Waals surface area (Å²) in [5, 5.41) is 16.1. The van der Waals surface area contributed by atoms with Crippen molar-refractivity contribution in [2.45, 2.75) is 24.0 Å². The number of anilines is 1. The predicted octanol–water partition coefficient (Wildman–Crippen LogP) is 3.03. The topological polar surface area (TPSA) is 124 Å². The largest absolute Gasteiger partial charge is 0.309 e. The summed E-state index contributed by atoms with van der Waals surface area (Å²) in [6.45, 7) is 2.91. The quantitative estimate of drug-likeness (QED) is 0.363. The molecule has 0 fully saturated rings. The Labute approximate surface area is 171 Å². The molecule has 2 aromatic carbocycles. The standard InChI is InChI=1S/C19H17FN4O5S/c1-12-11-18(23(22-12)15-5-7-16(8-6-15)24(26)27)21-19(25)13(2)30(28,29)17-9-3-14(20)4-10-17/h3-11,13H,1-2H3,(H,21,25). The first-order chi connectivity index (χ1) is 14.1. The summed E-state index contributed by atoms with van der Waals surface area (Å²) < 4.78 is 39.8. The van der Waals surface area contributed by atoms with E-state index in [4.69, 9.17) is 0 Å². The number of carbonyl (C=O) groups is 1. The van der Waals surface area contributed by atoms with Gasteiger partial charge in [0, 0.05) is 18.2 Å². The number of nitrogens with zero attached hydrogens (tertiary/aromatic N) is 3. The summed E-state index contributed by atoms with van der Waals surface area (Å²) in [5.74, 6) is -1.19. The average Bonchev–Trinajstić information content (AvgIpc) is 3.07. The molecular formula is C19H17FN4O5S. The van der Waals surface area contributed by atoms with Crippen molar-refractivity contribution in [2.75, 3.05) is 5.32 Å². The van der Waals surface area contributed by atoms with E-state index >= 15 is 0 Å². The molecule has 0 aliphatic heterocycles. The fourth-order valence-electron chi connectivity index (χ4n) is 2.70. The van der Waals surface area contributed by atoms with Crippen LogP contribution in [0.1, 0.15) is 12.6 Å². The van der Waals surface area contributed by atoms with E-state index in [1.165, 1.54) is 41.9 Å². The van der Waals surface area contributed by atoms with Crippen LogP contribution in [0.5, 0.6) is 0 Å². The van der Waals surface area contributed by atoms with E-state index in [-0.39, 0.29) is 16.4 Å². The fraction of sp³-hybridized carbons (Fsp3) is 0.158. The van der Waals surface area contributed by atoms with E-state index in [0.717, 1.165) is 24.3 Å². The van der Waals surface area contributed by atoms with Crippen LogP contribution in [0.15, 0.2) is 59.5 Å². The fourth-order valence-corrected chi connectivity index (χ4v) is 3.96. The molecule has 1 heterocycles. The lowest BCUT2D eigenvalue weighted by Crippen LogP contribution is -2.33. The minimum Gasteiger partial charge on any atom is -0.309 e. The second-order valence-corrected chi connectivity index (χ2v) is 8.76. The molecule has 0 saturated heterocycles. The number of aromatic nitrogens is 2. The Morgan fingerprint density at radius 3 is 2.33 bits per heavy atom. The summed E-state index contributed by atoms with van der Waals surface area (Å²) in [7, 11) is -4.04. The molecule has 1 N–H and O–H groups in total. The number of benzene rings is 2. The van der Waals surface area contributed by atoms with E-state index in [2.05, 4.69) is 10.4 Å². The van der Waals surface area contributed by atoms with Crippen molar-refractivity contribution >= 4 is 27.2 Å². The van der Waals surface area contributed by atoms with Gasteiger partial charge < -0.3 is 5.32 Å². The highest BCUT2D eigenvalue weighted by molar-refractivity contribution is 7.92. The van der Waals surface area contributed by atoms with E-state index in [9.17, 15) is 27.7 Å². The Hall–Kier alpha value is -3.60. The van der Waals surface area contributed by atoms with Gasteiger partial charge in [-0.3, -0.25) is 14.9 Å². The number of hydrogen-bond acceptors (Lipinski definition) is 6. The zero-order valence-electron chi connectivity index (χ0n) is 15.9. The number of hydrogen-bond donors (Lipinski definition) is 1. The van der Waals surface area contributed by atoms with Gasteiger partial charge in [0.25, 0.3) is 5.69 Å². The summed E-state index contributed by atoms with van der Waals surface area (Å²) >= 11 is 0. The maximum Gasteiger partial charge on any atom is 0.269 e. The van der Waals surface area contributed by atoms with Gasteiger partial charge in [0.15, 0.2) is 9.84 Å². The molecule has 1 amide bonds. The smallest absolute Gasteiger partial charge is 0.269 e. The molecule has 11 heteroatoms. The van der Waals surface area contributed by atoms with Crippen LogP contribution in [0, 0.1) is 22.9 Å². The number of carbonyl (C=O) groups excluding carboxylic acids is 1. The van der Waals surface area contributed by atoms with Crippen molar-refractivity contribution in [3.63, 3.8) is 0 Å². The molecule has 3 rings (SSSR count). The lowest BCUT2D eigenvalue weighted by molar-refractivity contribution is -0.384. The molecule has 0 aliphatic rings. The predicted molar refractivity (Wildman–Crippen MR) is 107 cm³/mol. The lowest BCUT2D eigenvalue weighted by Gasteiger charge is -2.14. The molecule has 156 valence electrons. The number of non-ortho nitro benzene ring substituents is 1. The van der Waals surface area contributed by atoms with Crippen LogP contribution in [-0.2, 0) is 14.6 Å². The van der Waals surface area contributed by atoms with E-state index in [0.29, 0.717) is 11.4 Å². The van der Waals surface area contributed by atoms with Crippen LogP contribution in [0.25, 0.3) is 5.69 Å². The van der Waals surface area contributed by atoms with Crippen molar-refractivity contribution in [3.8, 4) is 5.69 Å². The zero-order valence-corrected chi connectivity index (χ0v) is 16.8. The number of halogens is 1. The van der Waals surface area contributed by atoms with Crippen LogP contribution < -0.4 is 5.32 Å². The zero-order chi connectivity index (χ0) is 22.1. The average molecular weight is 432 g/mol. The Bertz CT molecular complexity index is 1200. The van der Waals surface area contributed by atoms with Gasteiger partial charge in [0.05, 0.1) is 21.2 Å². The first-order valence-corrected chi connectivity index (χ1v) is 10.3. The number of rotatable bonds is 6. The van der Waals surface area contributed by atoms with Gasteiger partial charge in [-0.25, -0.2) is 17.5 Å². The van der Waals surface area contributed by atoms with Gasteiger partial charge in [-0.2, -0.15) is 5.10 Å². The number of aryl methyl sites for hydroxylation is 1. The highest BCUT2D eigenvalue weighted by atomic mass is 32.2. The van der Waals surface area contributed by atoms with Crippen molar-refractivity contribution in [1.82, 2.24) is 9.78 Å². The Balaban J connectivity index is 1.86. The summed E-state index contributed by atoms with van der Waals surface area (Å²) in [6.07, 6.45) is 0. The van der Waals surface area contributed by atoms with Crippen molar-refractivity contribution in [1.29, 1.82) is 0 Å². The van der Waals surface area contributed by atoms with Crippen molar-refractivity contribution in [2.24, 2.45) is 0 Å². The molecule has 0 aliphatic carbocycles. The third-order valence-electron chi connectivity index (χ3n) is 4.36. The number of nitro groups is 1. The Kier molecular flexibility index (Phi) is 5.65. The maximum atomic E-state index is 13.1. The molecule has 1 atom stereocenters. The second-order valence-electron chi connectivity index (χ2n) is 6.49. The maximum absolute atomic E-state index is 13.1. The molecule has 0 saturated carbocycles. The van der Waals surface area contributed by atoms with Crippen LogP contribution in [0.4, 0.5) is 15.9 Å². The molecule has 1 unspecified atom stereocenters. The molecule has 1 aromatic heterocycles. The van der Waals surface area contributed by atoms with Gasteiger partial charge >= 0.3 is 0 Å². The Morgan fingerprint density at radius 2 is 1.77 bits per heavy atom. The minimum absolute atomic E-state index is 0.104. The number of nitro benzene ring substituents is 1. The molecule has 0 bridgehead atoms. The molecular weight excluding hydrogens is 415 g/mol. The van der Waals surface area contributed by atoms with Crippen molar-refractivity contribution < 1.29 is 22.5 Å². The number of amides is 1. The normalized spacial score (nSPS) is 12.4. The molecule has 0 spiro atoms. The summed E-state index contributed by atoms with van der Waals surface area (Å²) in [6, 6.07) is 11.2. The second kappa shape index (κ2) is 8.03. The Morgan fingerprint density at radius 1 is 1.17 bits per heavy atom. The van der Waals surface area contributed by atoms with E-state index in [1.54, 1.807) is 6.92 Å². The van der Waals surface area contributed by atoms with Crippen LogP contribution in [-0.4, -0.2) is 34.3 Å². The first-order valence-electron chi connectivity index (χ1n) is 8.71. The number of nitrogens with one attached hydrogen (secondary N) is 1. The van der Waals surface area contributed by atoms with E-state index in [1.807, 2.05) is 0 Å². The molecule has 3 aromatic rings.